The number of allylic oxidation sites excluding steroid dienone is 2. The molecule has 1 aliphatic carbocycles. The van der Waals surface area contributed by atoms with E-state index in [9.17, 15) is 4.79 Å². The predicted octanol–water partition coefficient (Wildman–Crippen LogP) is 4.56. The molecule has 0 aromatic rings. The van der Waals surface area contributed by atoms with Gasteiger partial charge in [-0.25, -0.2) is 4.79 Å². The number of ether oxygens (including phenoxy) is 1. The Morgan fingerprint density at radius 2 is 1.63 bits per heavy atom. The largest absolute Gasteiger partial charge is 0.458 e. The van der Waals surface area contributed by atoms with Crippen molar-refractivity contribution in [1.29, 1.82) is 0 Å². The highest BCUT2D eigenvalue weighted by Gasteiger charge is 2.37. The summed E-state index contributed by atoms with van der Waals surface area (Å²) in [7, 11) is 0. The van der Waals surface area contributed by atoms with Gasteiger partial charge in [0.1, 0.15) is 6.10 Å². The predicted molar refractivity (Wildman–Crippen MR) is 77.8 cm³/mol. The molecule has 19 heavy (non-hydrogen) atoms. The van der Waals surface area contributed by atoms with Crippen LogP contribution in [-0.4, -0.2) is 12.1 Å². The summed E-state index contributed by atoms with van der Waals surface area (Å²) in [6.07, 6.45) is 16.6. The molecule has 0 radical (unpaired) electrons. The Morgan fingerprint density at radius 3 is 2.47 bits per heavy atom. The third-order valence-corrected chi connectivity index (χ3v) is 4.33. The monoisotopic (exact) mass is 262 g/mol. The molecule has 0 aromatic heterocycles. The lowest BCUT2D eigenvalue weighted by atomic mass is 9.88. The van der Waals surface area contributed by atoms with E-state index < -0.39 is 0 Å². The van der Waals surface area contributed by atoms with E-state index in [2.05, 4.69) is 18.7 Å². The maximum Gasteiger partial charge on any atom is 0.334 e. The average molecular weight is 262 g/mol. The zero-order valence-corrected chi connectivity index (χ0v) is 11.9. The van der Waals surface area contributed by atoms with Gasteiger partial charge in [0, 0.05) is 11.5 Å². The molecule has 2 heteroatoms. The third kappa shape index (κ3) is 4.22. The van der Waals surface area contributed by atoms with Gasteiger partial charge in [-0.3, -0.25) is 0 Å². The number of fused-ring (bicyclic) bond motifs is 1. The summed E-state index contributed by atoms with van der Waals surface area (Å²) < 4.78 is 5.48. The number of carbonyl (C=O) groups is 1. The van der Waals surface area contributed by atoms with Gasteiger partial charge in [0.2, 0.25) is 0 Å². The Morgan fingerprint density at radius 1 is 0.947 bits per heavy atom. The highest BCUT2D eigenvalue weighted by Crippen LogP contribution is 2.34. The minimum Gasteiger partial charge on any atom is -0.458 e. The standard InChI is InChI=1S/C17H26O2/c1-14-15-12-10-8-6-4-2-3-5-7-9-11-13-16(15)19-17(14)18/h4,6,15-16H,1-3,5,7-13H2/b6-4+/t15-,16-/m1/s1. The van der Waals surface area contributed by atoms with E-state index in [4.69, 9.17) is 4.74 Å². The average Bonchev–Trinajstić information content (AvgIpc) is 2.67. The van der Waals surface area contributed by atoms with Crippen LogP contribution in [0.1, 0.15) is 64.2 Å². The second kappa shape index (κ2) is 7.52. The molecular formula is C17H26O2. The van der Waals surface area contributed by atoms with Crippen molar-refractivity contribution >= 4 is 5.97 Å². The number of hydrogen-bond acceptors (Lipinski definition) is 2. The highest BCUT2D eigenvalue weighted by molar-refractivity contribution is 5.90. The van der Waals surface area contributed by atoms with E-state index in [0.717, 1.165) is 25.7 Å². The fourth-order valence-corrected chi connectivity index (χ4v) is 3.12. The lowest BCUT2D eigenvalue weighted by Crippen LogP contribution is -2.16. The molecule has 0 amide bonds. The fourth-order valence-electron chi connectivity index (χ4n) is 3.12. The van der Waals surface area contributed by atoms with Crippen LogP contribution in [0.2, 0.25) is 0 Å². The lowest BCUT2D eigenvalue weighted by Gasteiger charge is -2.17. The number of rotatable bonds is 0. The molecule has 0 spiro atoms. The summed E-state index contributed by atoms with van der Waals surface area (Å²) >= 11 is 0. The minimum absolute atomic E-state index is 0.104. The number of carbonyl (C=O) groups excluding carboxylic acids is 1. The van der Waals surface area contributed by atoms with Crippen LogP contribution in [-0.2, 0) is 9.53 Å². The maximum absolute atomic E-state index is 11.6. The van der Waals surface area contributed by atoms with Gasteiger partial charge >= 0.3 is 5.97 Å². The molecule has 2 nitrogen and oxygen atoms in total. The summed E-state index contributed by atoms with van der Waals surface area (Å²) in [5, 5.41) is 0. The molecule has 0 saturated carbocycles. The van der Waals surface area contributed by atoms with Crippen molar-refractivity contribution in [1.82, 2.24) is 0 Å². The maximum atomic E-state index is 11.6. The zero-order valence-electron chi connectivity index (χ0n) is 11.9. The Kier molecular flexibility index (Phi) is 5.68. The van der Waals surface area contributed by atoms with E-state index in [1.54, 1.807) is 0 Å². The van der Waals surface area contributed by atoms with Crippen molar-refractivity contribution in [2.75, 3.05) is 0 Å². The van der Waals surface area contributed by atoms with E-state index in [0.29, 0.717) is 5.57 Å². The molecule has 0 unspecified atom stereocenters. The van der Waals surface area contributed by atoms with Gasteiger partial charge < -0.3 is 4.74 Å². The Bertz CT molecular complexity index is 343. The first-order chi connectivity index (χ1) is 9.29. The Hall–Kier alpha value is -1.05. The first-order valence-electron chi connectivity index (χ1n) is 7.84. The Labute approximate surface area is 116 Å². The van der Waals surface area contributed by atoms with Crippen LogP contribution in [0.15, 0.2) is 24.3 Å². The molecule has 0 bridgehead atoms. The minimum atomic E-state index is -0.158. The number of hydrogen-bond donors (Lipinski definition) is 0. The van der Waals surface area contributed by atoms with Gasteiger partial charge in [-0.05, 0) is 44.9 Å². The van der Waals surface area contributed by atoms with Gasteiger partial charge in [0.05, 0.1) is 0 Å². The highest BCUT2D eigenvalue weighted by atomic mass is 16.6. The topological polar surface area (TPSA) is 26.3 Å². The third-order valence-electron chi connectivity index (χ3n) is 4.33. The second-order valence-corrected chi connectivity index (χ2v) is 5.82. The molecular weight excluding hydrogens is 236 g/mol. The summed E-state index contributed by atoms with van der Waals surface area (Å²) in [6.45, 7) is 3.93. The molecule has 0 N–H and O–H groups in total. The van der Waals surface area contributed by atoms with Crippen molar-refractivity contribution < 1.29 is 9.53 Å². The smallest absolute Gasteiger partial charge is 0.334 e. The Balaban J connectivity index is 1.92. The quantitative estimate of drug-likeness (QED) is 0.363. The van der Waals surface area contributed by atoms with Crippen molar-refractivity contribution in [3.8, 4) is 0 Å². The molecule has 2 aliphatic rings. The lowest BCUT2D eigenvalue weighted by molar-refractivity contribution is -0.139. The van der Waals surface area contributed by atoms with Gasteiger partial charge in [-0.1, -0.05) is 38.0 Å². The summed E-state index contributed by atoms with van der Waals surface area (Å²) in [4.78, 5) is 11.6. The fraction of sp³-hybridized carbons (Fsp3) is 0.706. The summed E-state index contributed by atoms with van der Waals surface area (Å²) in [5.41, 5.74) is 0.709. The van der Waals surface area contributed by atoms with E-state index in [1.165, 1.54) is 38.5 Å². The van der Waals surface area contributed by atoms with Crippen LogP contribution in [0.4, 0.5) is 0 Å². The van der Waals surface area contributed by atoms with E-state index >= 15 is 0 Å². The SMILES string of the molecule is C=C1C(=O)O[C@@H]2CCCCCCC/C=C/CCC[C@H]12. The first-order valence-corrected chi connectivity index (χ1v) is 7.84. The molecule has 1 heterocycles. The van der Waals surface area contributed by atoms with E-state index in [-0.39, 0.29) is 18.0 Å². The van der Waals surface area contributed by atoms with Gasteiger partial charge in [-0.2, -0.15) is 0 Å². The van der Waals surface area contributed by atoms with Crippen molar-refractivity contribution in [2.24, 2.45) is 5.92 Å². The van der Waals surface area contributed by atoms with Crippen LogP contribution in [0.25, 0.3) is 0 Å². The van der Waals surface area contributed by atoms with Crippen LogP contribution < -0.4 is 0 Å². The molecule has 1 saturated heterocycles. The van der Waals surface area contributed by atoms with Gasteiger partial charge in [-0.15, -0.1) is 0 Å². The zero-order chi connectivity index (χ0) is 13.5. The van der Waals surface area contributed by atoms with Crippen LogP contribution in [0.5, 0.6) is 0 Å². The van der Waals surface area contributed by atoms with E-state index in [1.807, 2.05) is 0 Å². The van der Waals surface area contributed by atoms with Crippen LogP contribution in [0, 0.1) is 5.92 Å². The van der Waals surface area contributed by atoms with Crippen molar-refractivity contribution in [3.63, 3.8) is 0 Å². The summed E-state index contributed by atoms with van der Waals surface area (Å²) in [6, 6.07) is 0. The van der Waals surface area contributed by atoms with Crippen LogP contribution >= 0.6 is 0 Å². The second-order valence-electron chi connectivity index (χ2n) is 5.82. The van der Waals surface area contributed by atoms with Gasteiger partial charge in [0.25, 0.3) is 0 Å². The first kappa shape index (κ1) is 14.4. The molecule has 2 atom stereocenters. The van der Waals surface area contributed by atoms with Crippen LogP contribution in [0.3, 0.4) is 0 Å². The molecule has 1 fully saturated rings. The normalized spacial score (nSPS) is 32.2. The van der Waals surface area contributed by atoms with Crippen molar-refractivity contribution in [3.05, 3.63) is 24.3 Å². The molecule has 1 aliphatic heterocycles. The molecule has 0 aromatic carbocycles. The van der Waals surface area contributed by atoms with Crippen molar-refractivity contribution in [2.45, 2.75) is 70.3 Å². The molecule has 106 valence electrons. The summed E-state index contributed by atoms with van der Waals surface area (Å²) in [5.74, 6) is 0.110. The van der Waals surface area contributed by atoms with Gasteiger partial charge in [0.15, 0.2) is 0 Å². The molecule has 2 rings (SSSR count). The number of esters is 1.